The number of carbonyl (C=O) groups is 2. The Kier molecular flexibility index (Phi) is 8.32. The Morgan fingerprint density at radius 3 is 2.71 bits per heavy atom. The van der Waals surface area contributed by atoms with E-state index in [2.05, 4.69) is 14.7 Å². The molecule has 4 heterocycles. The van der Waals surface area contributed by atoms with E-state index in [0.29, 0.717) is 33.0 Å². The predicted molar refractivity (Wildman–Crippen MR) is 144 cm³/mol. The number of piperidine rings is 1. The maximum absolute atomic E-state index is 12.8. The molecule has 0 radical (unpaired) electrons. The Morgan fingerprint density at radius 2 is 1.94 bits per heavy atom. The molecule has 1 aromatic carbocycles. The lowest BCUT2D eigenvalue weighted by molar-refractivity contribution is -0.116. The van der Waals surface area contributed by atoms with Gasteiger partial charge in [0.25, 0.3) is 11.8 Å². The molecule has 0 bridgehead atoms. The van der Waals surface area contributed by atoms with E-state index in [1.54, 1.807) is 24.4 Å². The Morgan fingerprint density at radius 1 is 1.14 bits per heavy atom. The summed E-state index contributed by atoms with van der Waals surface area (Å²) in [5.74, 6) is 0.467. The second-order valence-corrected chi connectivity index (χ2v) is 10.5. The first-order valence-electron chi connectivity index (χ1n) is 11.4. The number of halogens is 3. The topological polar surface area (TPSA) is 66.7 Å². The molecule has 0 spiro atoms. The zero-order valence-corrected chi connectivity index (χ0v) is 22.0. The molecule has 2 aliphatic rings. The van der Waals surface area contributed by atoms with Crippen LogP contribution in [0.5, 0.6) is 0 Å². The van der Waals surface area contributed by atoms with E-state index < -0.39 is 0 Å². The zero-order chi connectivity index (χ0) is 23.7. The molecule has 35 heavy (non-hydrogen) atoms. The highest BCUT2D eigenvalue weighted by atomic mass is 35.5. The number of nitrogens with one attached hydrogen (secondary N) is 1. The first kappa shape index (κ1) is 25.9. The van der Waals surface area contributed by atoms with E-state index in [4.69, 9.17) is 23.2 Å². The van der Waals surface area contributed by atoms with E-state index in [9.17, 15) is 9.59 Å². The van der Waals surface area contributed by atoms with Crippen molar-refractivity contribution in [3.63, 3.8) is 0 Å². The Labute approximate surface area is 224 Å². The van der Waals surface area contributed by atoms with E-state index in [1.807, 2.05) is 29.2 Å². The van der Waals surface area contributed by atoms with Crippen molar-refractivity contribution in [3.8, 4) is 0 Å². The molecular weight excluding hydrogens is 527 g/mol. The molecule has 2 aromatic heterocycles. The largest absolute Gasteiger partial charge is 0.352 e. The second-order valence-electron chi connectivity index (χ2n) is 8.61. The summed E-state index contributed by atoms with van der Waals surface area (Å²) in [5.41, 5.74) is 2.32. The van der Waals surface area contributed by atoms with Gasteiger partial charge in [-0.05, 0) is 68.0 Å². The van der Waals surface area contributed by atoms with Gasteiger partial charge in [-0.1, -0.05) is 41.0 Å². The smallest absolute Gasteiger partial charge is 0.258 e. The van der Waals surface area contributed by atoms with Crippen molar-refractivity contribution in [1.82, 2.24) is 19.6 Å². The van der Waals surface area contributed by atoms with Gasteiger partial charge in [0.2, 0.25) is 0 Å². The number of hydrogen-bond donors (Lipinski definition) is 1. The summed E-state index contributed by atoms with van der Waals surface area (Å²) in [5, 5.41) is 4.97. The Hall–Kier alpha value is -2.19. The average Bonchev–Trinajstić information content (AvgIpc) is 3.26. The number of thioether (sulfide) groups is 1. The summed E-state index contributed by atoms with van der Waals surface area (Å²) in [6.07, 6.45) is 7.55. The number of carbonyl (C=O) groups excluding carboxylic acids is 2. The first-order chi connectivity index (χ1) is 16.5. The van der Waals surface area contributed by atoms with Crippen LogP contribution in [-0.2, 0) is 4.79 Å². The van der Waals surface area contributed by atoms with E-state index in [0.717, 1.165) is 55.1 Å². The summed E-state index contributed by atoms with van der Waals surface area (Å²) >= 11 is 13.6. The second kappa shape index (κ2) is 11.2. The van der Waals surface area contributed by atoms with E-state index in [1.165, 1.54) is 11.8 Å². The summed E-state index contributed by atoms with van der Waals surface area (Å²) in [7, 11) is 0. The Balaban J connectivity index is 0.00000289. The van der Waals surface area contributed by atoms with Crippen molar-refractivity contribution in [2.45, 2.75) is 30.7 Å². The fourth-order valence-electron chi connectivity index (χ4n) is 4.54. The lowest BCUT2D eigenvalue weighted by Gasteiger charge is -2.32. The summed E-state index contributed by atoms with van der Waals surface area (Å²) < 4.78 is 2.05. The standard InChI is InChI=1S/C25H24Cl2N4O2S.ClH/c26-17-6-7-19(20(27)13-17)25(33)30-11-8-16(9-12-30)3-2-10-28-24(32)21-14-18-15-29-22-4-1-5-23(34-21)31(18)22;/h1,4-7,13-16H,2-3,8-12H2,(H,28,32);1H. The van der Waals surface area contributed by atoms with Gasteiger partial charge in [0.1, 0.15) is 5.65 Å². The SMILES string of the molecule is Cl.O=C(NCCCC1CCN(C(=O)c2ccc(Cl)cc2Cl)CC1)C1=Cc2cnc3cccc(n23)S1. The molecule has 0 saturated carbocycles. The maximum Gasteiger partial charge on any atom is 0.258 e. The summed E-state index contributed by atoms with van der Waals surface area (Å²) in [6, 6.07) is 10.9. The molecule has 6 nitrogen and oxygen atoms in total. The van der Waals surface area contributed by atoms with Crippen molar-refractivity contribution in [2.75, 3.05) is 19.6 Å². The molecule has 1 N–H and O–H groups in total. The highest BCUT2D eigenvalue weighted by Gasteiger charge is 2.25. The molecule has 2 amide bonds. The van der Waals surface area contributed by atoms with E-state index >= 15 is 0 Å². The lowest BCUT2D eigenvalue weighted by atomic mass is 9.92. The highest BCUT2D eigenvalue weighted by Crippen LogP contribution is 2.34. The molecular formula is C25H25Cl3N4O2S. The van der Waals surface area contributed by atoms with Gasteiger partial charge in [-0.2, -0.15) is 0 Å². The van der Waals surface area contributed by atoms with Gasteiger partial charge >= 0.3 is 0 Å². The normalized spacial score (nSPS) is 15.5. The van der Waals surface area contributed by atoms with E-state index in [-0.39, 0.29) is 24.2 Å². The van der Waals surface area contributed by atoms with Gasteiger partial charge < -0.3 is 10.2 Å². The minimum atomic E-state index is -0.0466. The average molecular weight is 552 g/mol. The molecule has 5 rings (SSSR count). The van der Waals surface area contributed by atoms with Crippen LogP contribution in [0.4, 0.5) is 0 Å². The fraction of sp³-hybridized carbons (Fsp3) is 0.320. The molecule has 3 aromatic rings. The molecule has 0 aliphatic carbocycles. The number of likely N-dealkylation sites (tertiary alicyclic amines) is 1. The van der Waals surface area contributed by atoms with Crippen LogP contribution in [-0.4, -0.2) is 45.7 Å². The van der Waals surface area contributed by atoms with Crippen LogP contribution < -0.4 is 5.32 Å². The summed E-state index contributed by atoms with van der Waals surface area (Å²) in [4.78, 5) is 32.4. The quantitative estimate of drug-likeness (QED) is 0.384. The number of hydrogen-bond acceptors (Lipinski definition) is 4. The van der Waals surface area contributed by atoms with Crippen LogP contribution in [0.1, 0.15) is 41.7 Å². The number of aromatic nitrogens is 2. The third-order valence-corrected chi connectivity index (χ3v) is 7.97. The number of amides is 2. The van der Waals surface area contributed by atoms with Crippen molar-refractivity contribution in [3.05, 3.63) is 68.8 Å². The molecule has 1 fully saturated rings. The molecule has 0 unspecified atom stereocenters. The van der Waals surface area contributed by atoms with Gasteiger partial charge in [0, 0.05) is 24.7 Å². The number of pyridine rings is 1. The monoisotopic (exact) mass is 550 g/mol. The molecule has 0 atom stereocenters. The lowest BCUT2D eigenvalue weighted by Crippen LogP contribution is -2.38. The first-order valence-corrected chi connectivity index (χ1v) is 13.0. The van der Waals surface area contributed by atoms with Gasteiger partial charge in [-0.3, -0.25) is 14.0 Å². The van der Waals surface area contributed by atoms with Gasteiger partial charge in [0.05, 0.1) is 32.4 Å². The van der Waals surface area contributed by atoms with Crippen LogP contribution in [0.2, 0.25) is 10.0 Å². The van der Waals surface area contributed by atoms with Crippen LogP contribution >= 0.6 is 47.4 Å². The van der Waals surface area contributed by atoms with Crippen LogP contribution in [0.25, 0.3) is 11.7 Å². The van der Waals surface area contributed by atoms with Crippen LogP contribution in [0.15, 0.2) is 52.5 Å². The molecule has 1 saturated heterocycles. The van der Waals surface area contributed by atoms with Crippen LogP contribution in [0, 0.1) is 5.92 Å². The number of nitrogens with zero attached hydrogens (tertiary/aromatic N) is 3. The van der Waals surface area contributed by atoms with Crippen molar-refractivity contribution < 1.29 is 9.59 Å². The van der Waals surface area contributed by atoms with Crippen molar-refractivity contribution in [1.29, 1.82) is 0 Å². The number of benzene rings is 1. The Bertz CT molecular complexity index is 1280. The molecule has 10 heteroatoms. The summed E-state index contributed by atoms with van der Waals surface area (Å²) in [6.45, 7) is 2.08. The highest BCUT2D eigenvalue weighted by molar-refractivity contribution is 8.04. The van der Waals surface area contributed by atoms with Crippen LogP contribution in [0.3, 0.4) is 0 Å². The van der Waals surface area contributed by atoms with Gasteiger partial charge in [-0.25, -0.2) is 4.98 Å². The zero-order valence-electron chi connectivity index (χ0n) is 18.9. The van der Waals surface area contributed by atoms with Crippen molar-refractivity contribution >= 4 is 70.9 Å². The van der Waals surface area contributed by atoms with Gasteiger partial charge in [-0.15, -0.1) is 12.4 Å². The number of rotatable bonds is 6. The fourth-order valence-corrected chi connectivity index (χ4v) is 6.03. The minimum Gasteiger partial charge on any atom is -0.352 e. The van der Waals surface area contributed by atoms with Gasteiger partial charge in [0.15, 0.2) is 0 Å². The van der Waals surface area contributed by atoms with Crippen molar-refractivity contribution in [2.24, 2.45) is 5.92 Å². The predicted octanol–water partition coefficient (Wildman–Crippen LogP) is 5.96. The third kappa shape index (κ3) is 5.64. The third-order valence-electron chi connectivity index (χ3n) is 6.38. The maximum atomic E-state index is 12.8. The molecule has 2 aliphatic heterocycles. The minimum absolute atomic E-state index is 0. The molecule has 184 valence electrons. The number of imidazole rings is 1.